The van der Waals surface area contributed by atoms with Gasteiger partial charge in [0, 0.05) is 47.8 Å². The predicted molar refractivity (Wildman–Crippen MR) is 148 cm³/mol. The summed E-state index contributed by atoms with van der Waals surface area (Å²) in [5, 5.41) is 14.9. The number of carbonyl (C=O) groups excluding carboxylic acids is 3. The molecular formula is C32H38N2O4. The lowest BCUT2D eigenvalue weighted by molar-refractivity contribution is -0.146. The van der Waals surface area contributed by atoms with Gasteiger partial charge in [-0.3, -0.25) is 14.4 Å². The Labute approximate surface area is 224 Å². The standard InChI is InChI=1S/C32H38N2O4/c1-18-8-7-9-23-15-19(2)21(4)29-26(16-22-17-33-25-11-6-5-10-24(22)25)34-31(38)32(23,29)28(36)13-12-27(35)30(37)20(3)14-18/h5-7,9-11,14-15,17-18,21,23,26,29-30,33,37H,8,12-13,16H2,1-4H3,(H,34,38)/b9-7+,20-14+/t18-,21+,23-,26-,29-,30+,32+/m0/s1. The number of Topliss-reactive ketones (excluding diaryl/α,β-unsaturated/α-hetero) is 2. The number of H-pyrrole nitrogens is 1. The number of rotatable bonds is 2. The van der Waals surface area contributed by atoms with Gasteiger partial charge in [0.2, 0.25) is 5.91 Å². The van der Waals surface area contributed by atoms with E-state index in [1.54, 1.807) is 6.92 Å². The smallest absolute Gasteiger partial charge is 0.235 e. The van der Waals surface area contributed by atoms with E-state index in [2.05, 4.69) is 42.4 Å². The van der Waals surface area contributed by atoms with Crippen molar-refractivity contribution >= 4 is 28.4 Å². The number of hydrogen-bond acceptors (Lipinski definition) is 4. The Morgan fingerprint density at radius 1 is 1.03 bits per heavy atom. The molecule has 2 aromatic rings. The van der Waals surface area contributed by atoms with E-state index in [1.807, 2.05) is 43.5 Å². The van der Waals surface area contributed by atoms with Crippen molar-refractivity contribution in [3.05, 3.63) is 71.5 Å². The zero-order chi connectivity index (χ0) is 27.2. The number of aromatic nitrogens is 1. The molecule has 1 aliphatic heterocycles. The van der Waals surface area contributed by atoms with Gasteiger partial charge in [-0.1, -0.05) is 61.9 Å². The third-order valence-corrected chi connectivity index (χ3v) is 9.19. The molecule has 38 heavy (non-hydrogen) atoms. The van der Waals surface area contributed by atoms with Crippen LogP contribution in [0.1, 0.15) is 52.5 Å². The van der Waals surface area contributed by atoms with Gasteiger partial charge in [0.1, 0.15) is 17.3 Å². The molecule has 7 atom stereocenters. The third-order valence-electron chi connectivity index (χ3n) is 9.19. The highest BCUT2D eigenvalue weighted by molar-refractivity contribution is 6.10. The number of carbonyl (C=O) groups is 3. The summed E-state index contributed by atoms with van der Waals surface area (Å²) >= 11 is 0. The van der Waals surface area contributed by atoms with Gasteiger partial charge >= 0.3 is 0 Å². The van der Waals surface area contributed by atoms with Gasteiger partial charge in [0.05, 0.1) is 0 Å². The number of hydrogen-bond donors (Lipinski definition) is 3. The minimum atomic E-state index is -1.28. The largest absolute Gasteiger partial charge is 0.381 e. The number of aliphatic hydroxyl groups is 1. The van der Waals surface area contributed by atoms with E-state index >= 15 is 0 Å². The molecule has 6 nitrogen and oxygen atoms in total. The summed E-state index contributed by atoms with van der Waals surface area (Å²) < 4.78 is 0. The Bertz CT molecular complexity index is 1360. The number of fused-ring (bicyclic) bond motifs is 1. The van der Waals surface area contributed by atoms with Gasteiger partial charge in [0.25, 0.3) is 0 Å². The Hall–Kier alpha value is -3.25. The maximum Gasteiger partial charge on any atom is 0.235 e. The second-order valence-electron chi connectivity index (χ2n) is 11.6. The fraction of sp³-hybridized carbons (Fsp3) is 0.469. The van der Waals surface area contributed by atoms with E-state index in [-0.39, 0.29) is 60.0 Å². The molecule has 1 fully saturated rings. The number of aromatic amines is 1. The summed E-state index contributed by atoms with van der Waals surface area (Å²) in [5.41, 5.74) is 2.66. The monoisotopic (exact) mass is 514 g/mol. The normalized spacial score (nSPS) is 36.6. The average Bonchev–Trinajstić information content (AvgIpc) is 3.43. The van der Waals surface area contributed by atoms with Gasteiger partial charge < -0.3 is 15.4 Å². The molecule has 2 aliphatic carbocycles. The van der Waals surface area contributed by atoms with Crippen LogP contribution in [0.5, 0.6) is 0 Å². The molecule has 2 heterocycles. The quantitative estimate of drug-likeness (QED) is 0.394. The second kappa shape index (κ2) is 10.1. The lowest BCUT2D eigenvalue weighted by Gasteiger charge is -2.44. The van der Waals surface area contributed by atoms with Crippen LogP contribution in [0, 0.1) is 29.1 Å². The molecule has 0 unspecified atom stereocenters. The van der Waals surface area contributed by atoms with E-state index in [9.17, 15) is 19.5 Å². The molecule has 3 N–H and O–H groups in total. The van der Waals surface area contributed by atoms with E-state index < -0.39 is 11.5 Å². The van der Waals surface area contributed by atoms with Gasteiger partial charge in [0.15, 0.2) is 5.78 Å². The van der Waals surface area contributed by atoms with Gasteiger partial charge in [-0.25, -0.2) is 0 Å². The number of amides is 1. The lowest BCUT2D eigenvalue weighted by Crippen LogP contribution is -2.52. The lowest BCUT2D eigenvalue weighted by atomic mass is 9.54. The number of benzene rings is 1. The fourth-order valence-electron chi connectivity index (χ4n) is 7.12. The fourth-order valence-corrected chi connectivity index (χ4v) is 7.12. The van der Waals surface area contributed by atoms with Crippen LogP contribution in [0.2, 0.25) is 0 Å². The summed E-state index contributed by atoms with van der Waals surface area (Å²) in [6, 6.07) is 7.89. The molecule has 1 saturated heterocycles. The number of allylic oxidation sites excluding steroid dienone is 5. The summed E-state index contributed by atoms with van der Waals surface area (Å²) in [7, 11) is 0. The van der Waals surface area contributed by atoms with Crippen LogP contribution >= 0.6 is 0 Å². The van der Waals surface area contributed by atoms with Crippen LogP contribution in [0.25, 0.3) is 10.9 Å². The first kappa shape index (κ1) is 26.4. The minimum absolute atomic E-state index is 0.0116. The molecule has 1 aromatic carbocycles. The second-order valence-corrected chi connectivity index (χ2v) is 11.6. The molecule has 0 radical (unpaired) electrons. The molecule has 1 aromatic heterocycles. The molecule has 0 saturated carbocycles. The zero-order valence-corrected chi connectivity index (χ0v) is 22.7. The van der Waals surface area contributed by atoms with Gasteiger partial charge in [-0.15, -0.1) is 0 Å². The van der Waals surface area contributed by atoms with Crippen LogP contribution < -0.4 is 5.32 Å². The SMILES string of the molecule is CC1=C[C@@H]2/C=C/C[C@H](C)/C=C(\C)[C@@H](O)C(=O)CCC(=O)[C@]23C(=O)N[C@@H](Cc2c[nH]c4ccccc24)[C@@H]3[C@@H]1C. The number of nitrogens with one attached hydrogen (secondary N) is 2. The van der Waals surface area contributed by atoms with Crippen LogP contribution in [0.15, 0.2) is 65.9 Å². The van der Waals surface area contributed by atoms with Gasteiger partial charge in [-0.2, -0.15) is 0 Å². The Balaban J connectivity index is 1.58. The Kier molecular flexibility index (Phi) is 7.03. The average molecular weight is 515 g/mol. The first-order chi connectivity index (χ1) is 18.1. The highest BCUT2D eigenvalue weighted by Gasteiger charge is 2.65. The van der Waals surface area contributed by atoms with Crippen molar-refractivity contribution < 1.29 is 19.5 Å². The minimum Gasteiger partial charge on any atom is -0.381 e. The van der Waals surface area contributed by atoms with E-state index in [4.69, 9.17) is 0 Å². The number of para-hydroxylation sites is 1. The third kappa shape index (κ3) is 4.29. The maximum absolute atomic E-state index is 14.2. The Morgan fingerprint density at radius 2 is 1.79 bits per heavy atom. The predicted octanol–water partition coefficient (Wildman–Crippen LogP) is 4.85. The zero-order valence-electron chi connectivity index (χ0n) is 22.7. The highest BCUT2D eigenvalue weighted by Crippen LogP contribution is 2.55. The maximum atomic E-state index is 14.2. The number of ketones is 2. The summed E-state index contributed by atoms with van der Waals surface area (Å²) in [5.74, 6) is -1.34. The van der Waals surface area contributed by atoms with Crippen molar-refractivity contribution in [3.8, 4) is 0 Å². The van der Waals surface area contributed by atoms with Crippen molar-refractivity contribution in [2.75, 3.05) is 0 Å². The van der Waals surface area contributed by atoms with E-state index in [0.717, 1.165) is 16.5 Å². The molecule has 0 bridgehead atoms. The van der Waals surface area contributed by atoms with Crippen molar-refractivity contribution in [1.82, 2.24) is 10.3 Å². The Morgan fingerprint density at radius 3 is 2.58 bits per heavy atom. The number of aliphatic hydroxyl groups excluding tert-OH is 1. The summed E-state index contributed by atoms with van der Waals surface area (Å²) in [6.07, 6.45) is 10.0. The molecule has 3 aliphatic rings. The van der Waals surface area contributed by atoms with Crippen molar-refractivity contribution in [2.24, 2.45) is 29.1 Å². The molecular weight excluding hydrogens is 476 g/mol. The summed E-state index contributed by atoms with van der Waals surface area (Å²) in [6.45, 7) is 8.00. The van der Waals surface area contributed by atoms with Crippen LogP contribution in [0.4, 0.5) is 0 Å². The topological polar surface area (TPSA) is 99.3 Å². The summed E-state index contributed by atoms with van der Waals surface area (Å²) in [4.78, 5) is 44.4. The van der Waals surface area contributed by atoms with E-state index in [0.29, 0.717) is 18.4 Å². The molecule has 1 spiro atoms. The van der Waals surface area contributed by atoms with Crippen molar-refractivity contribution in [2.45, 2.75) is 65.5 Å². The first-order valence-electron chi connectivity index (χ1n) is 13.8. The van der Waals surface area contributed by atoms with Crippen LogP contribution in [0.3, 0.4) is 0 Å². The van der Waals surface area contributed by atoms with Crippen molar-refractivity contribution in [3.63, 3.8) is 0 Å². The van der Waals surface area contributed by atoms with E-state index in [1.165, 1.54) is 5.57 Å². The van der Waals surface area contributed by atoms with Crippen LogP contribution in [-0.2, 0) is 20.8 Å². The van der Waals surface area contributed by atoms with Gasteiger partial charge in [-0.05, 0) is 55.7 Å². The highest BCUT2D eigenvalue weighted by atomic mass is 16.3. The molecule has 6 heteroatoms. The van der Waals surface area contributed by atoms with Crippen LogP contribution in [-0.4, -0.2) is 39.7 Å². The molecule has 5 rings (SSSR count). The molecule has 200 valence electrons. The first-order valence-corrected chi connectivity index (χ1v) is 13.8. The van der Waals surface area contributed by atoms with Crippen molar-refractivity contribution in [1.29, 1.82) is 0 Å². The molecule has 1 amide bonds.